The van der Waals surface area contributed by atoms with Crippen molar-refractivity contribution in [2.24, 2.45) is 0 Å². The maximum atomic E-state index is 11.8. The lowest BCUT2D eigenvalue weighted by atomic mass is 10.2. The van der Waals surface area contributed by atoms with Crippen LogP contribution in [0.15, 0.2) is 53.0 Å². The van der Waals surface area contributed by atoms with E-state index in [1.54, 1.807) is 6.07 Å². The summed E-state index contributed by atoms with van der Waals surface area (Å²) in [7, 11) is 0. The van der Waals surface area contributed by atoms with Crippen LogP contribution >= 0.6 is 15.9 Å². The average Bonchev–Trinajstić information content (AvgIpc) is 2.61. The highest BCUT2D eigenvalue weighted by molar-refractivity contribution is 9.10. The minimum absolute atomic E-state index is 0.206. The summed E-state index contributed by atoms with van der Waals surface area (Å²) < 4.78 is 11.4. The Morgan fingerprint density at radius 3 is 2.60 bits per heavy atom. The minimum Gasteiger partial charge on any atom is -0.494 e. The standard InChI is InChI=1S/C19H20BrNO4/c1-14-12-15(9-10-17(14)20)21-18(22)13-25-19(23)8-5-11-24-16-6-3-2-4-7-16/h2-4,6-7,9-10,12H,5,8,11,13H2,1H3,(H,21,22). The van der Waals surface area contributed by atoms with Crippen molar-refractivity contribution < 1.29 is 19.1 Å². The van der Waals surface area contributed by atoms with E-state index in [4.69, 9.17) is 9.47 Å². The number of carbonyl (C=O) groups excluding carboxylic acids is 2. The Hall–Kier alpha value is -2.34. The van der Waals surface area contributed by atoms with E-state index in [1.165, 1.54) is 0 Å². The highest BCUT2D eigenvalue weighted by atomic mass is 79.9. The van der Waals surface area contributed by atoms with Crippen LogP contribution in [0.3, 0.4) is 0 Å². The number of hydrogen-bond donors (Lipinski definition) is 1. The van der Waals surface area contributed by atoms with Crippen molar-refractivity contribution in [1.82, 2.24) is 0 Å². The first-order valence-electron chi connectivity index (χ1n) is 7.94. The van der Waals surface area contributed by atoms with Gasteiger partial charge in [-0.2, -0.15) is 0 Å². The SMILES string of the molecule is Cc1cc(NC(=O)COC(=O)CCCOc2ccccc2)ccc1Br. The molecule has 0 spiro atoms. The summed E-state index contributed by atoms with van der Waals surface area (Å²) in [5.41, 5.74) is 1.67. The molecule has 0 saturated heterocycles. The molecule has 6 heteroatoms. The van der Waals surface area contributed by atoms with Crippen molar-refractivity contribution in [3.63, 3.8) is 0 Å². The van der Waals surface area contributed by atoms with E-state index in [1.807, 2.05) is 49.4 Å². The number of benzene rings is 2. The molecule has 0 aliphatic heterocycles. The number of para-hydroxylation sites is 1. The summed E-state index contributed by atoms with van der Waals surface area (Å²) in [5, 5.41) is 2.69. The van der Waals surface area contributed by atoms with Crippen LogP contribution in [-0.2, 0) is 14.3 Å². The van der Waals surface area contributed by atoms with Crippen molar-refractivity contribution in [2.75, 3.05) is 18.5 Å². The van der Waals surface area contributed by atoms with Gasteiger partial charge >= 0.3 is 5.97 Å². The van der Waals surface area contributed by atoms with Crippen LogP contribution in [0.2, 0.25) is 0 Å². The van der Waals surface area contributed by atoms with Crippen LogP contribution in [0, 0.1) is 6.92 Å². The van der Waals surface area contributed by atoms with Gasteiger partial charge in [0.05, 0.1) is 6.61 Å². The first-order chi connectivity index (χ1) is 12.0. The van der Waals surface area contributed by atoms with Gasteiger partial charge in [0, 0.05) is 16.6 Å². The van der Waals surface area contributed by atoms with E-state index in [2.05, 4.69) is 21.2 Å². The first kappa shape index (κ1) is 19.0. The zero-order valence-electron chi connectivity index (χ0n) is 14.0. The summed E-state index contributed by atoms with van der Waals surface area (Å²) in [4.78, 5) is 23.4. The van der Waals surface area contributed by atoms with Gasteiger partial charge < -0.3 is 14.8 Å². The normalized spacial score (nSPS) is 10.2. The molecule has 2 rings (SSSR count). The van der Waals surface area contributed by atoms with Crippen molar-refractivity contribution in [2.45, 2.75) is 19.8 Å². The maximum Gasteiger partial charge on any atom is 0.306 e. The van der Waals surface area contributed by atoms with Gasteiger partial charge in [-0.25, -0.2) is 0 Å². The van der Waals surface area contributed by atoms with Gasteiger partial charge in [0.1, 0.15) is 5.75 Å². The van der Waals surface area contributed by atoms with Gasteiger partial charge in [0.15, 0.2) is 6.61 Å². The molecule has 5 nitrogen and oxygen atoms in total. The summed E-state index contributed by atoms with van der Waals surface area (Å²) in [5.74, 6) is -0.0190. The minimum atomic E-state index is -0.418. The Bertz CT molecular complexity index is 719. The number of anilines is 1. The van der Waals surface area contributed by atoms with Crippen molar-refractivity contribution in [3.05, 3.63) is 58.6 Å². The fourth-order valence-corrected chi connectivity index (χ4v) is 2.31. The number of esters is 1. The van der Waals surface area contributed by atoms with Gasteiger partial charge in [-0.1, -0.05) is 34.1 Å². The predicted octanol–water partition coefficient (Wildman–Crippen LogP) is 4.10. The number of nitrogens with one attached hydrogen (secondary N) is 1. The van der Waals surface area contributed by atoms with Crippen LogP contribution < -0.4 is 10.1 Å². The fourth-order valence-electron chi connectivity index (χ4n) is 2.06. The van der Waals surface area contributed by atoms with Crippen LogP contribution in [-0.4, -0.2) is 25.1 Å². The molecule has 2 aromatic carbocycles. The molecule has 1 amide bonds. The second-order valence-corrected chi connectivity index (χ2v) is 6.29. The smallest absolute Gasteiger partial charge is 0.306 e. The number of ether oxygens (including phenoxy) is 2. The van der Waals surface area contributed by atoms with E-state index in [0.29, 0.717) is 18.7 Å². The molecule has 0 unspecified atom stereocenters. The number of hydrogen-bond acceptors (Lipinski definition) is 4. The lowest BCUT2D eigenvalue weighted by Crippen LogP contribution is -2.21. The number of amides is 1. The average molecular weight is 406 g/mol. The van der Waals surface area contributed by atoms with E-state index in [9.17, 15) is 9.59 Å². The van der Waals surface area contributed by atoms with Gasteiger partial charge in [-0.3, -0.25) is 9.59 Å². The molecular weight excluding hydrogens is 386 g/mol. The number of rotatable bonds is 8. The van der Waals surface area contributed by atoms with Crippen LogP contribution in [0.1, 0.15) is 18.4 Å². The Balaban J connectivity index is 1.62. The van der Waals surface area contributed by atoms with Gasteiger partial charge in [0.2, 0.25) is 0 Å². The van der Waals surface area contributed by atoms with Crippen LogP contribution in [0.4, 0.5) is 5.69 Å². The predicted molar refractivity (Wildman–Crippen MR) is 99.6 cm³/mol. The third kappa shape index (κ3) is 6.97. The molecule has 0 heterocycles. The summed E-state index contributed by atoms with van der Waals surface area (Å²) >= 11 is 3.40. The molecule has 25 heavy (non-hydrogen) atoms. The lowest BCUT2D eigenvalue weighted by molar-refractivity contribution is -0.147. The molecule has 132 valence electrons. The summed E-state index contributed by atoms with van der Waals surface area (Å²) in [6.07, 6.45) is 0.735. The monoisotopic (exact) mass is 405 g/mol. The van der Waals surface area contributed by atoms with Crippen LogP contribution in [0.5, 0.6) is 5.75 Å². The number of aryl methyl sites for hydroxylation is 1. The lowest BCUT2D eigenvalue weighted by Gasteiger charge is -2.08. The third-order valence-corrected chi connectivity index (χ3v) is 4.23. The largest absolute Gasteiger partial charge is 0.494 e. The molecule has 0 fully saturated rings. The maximum absolute atomic E-state index is 11.8. The van der Waals surface area contributed by atoms with Crippen molar-refractivity contribution >= 4 is 33.5 Å². The first-order valence-corrected chi connectivity index (χ1v) is 8.73. The molecular formula is C19H20BrNO4. The molecule has 0 aliphatic rings. The molecule has 0 bridgehead atoms. The Labute approximate surface area is 155 Å². The Morgan fingerprint density at radius 1 is 1.12 bits per heavy atom. The second kappa shape index (κ2) is 9.84. The van der Waals surface area contributed by atoms with Gasteiger partial charge in [0.25, 0.3) is 5.91 Å². The van der Waals surface area contributed by atoms with E-state index < -0.39 is 5.97 Å². The quantitative estimate of drug-likeness (QED) is 0.530. The van der Waals surface area contributed by atoms with Gasteiger partial charge in [-0.05, 0) is 49.2 Å². The molecule has 1 N–H and O–H groups in total. The topological polar surface area (TPSA) is 64.6 Å². The van der Waals surface area contributed by atoms with Crippen molar-refractivity contribution in [1.29, 1.82) is 0 Å². The van der Waals surface area contributed by atoms with E-state index in [0.717, 1.165) is 15.8 Å². The zero-order chi connectivity index (χ0) is 18.1. The third-order valence-electron chi connectivity index (χ3n) is 3.34. The van der Waals surface area contributed by atoms with E-state index >= 15 is 0 Å². The van der Waals surface area contributed by atoms with Crippen LogP contribution in [0.25, 0.3) is 0 Å². The Morgan fingerprint density at radius 2 is 1.88 bits per heavy atom. The second-order valence-electron chi connectivity index (χ2n) is 5.44. The summed E-state index contributed by atoms with van der Waals surface area (Å²) in [6.45, 7) is 2.05. The zero-order valence-corrected chi connectivity index (χ0v) is 15.5. The molecule has 0 saturated carbocycles. The summed E-state index contributed by atoms with van der Waals surface area (Å²) in [6, 6.07) is 14.8. The highest BCUT2D eigenvalue weighted by Gasteiger charge is 2.08. The highest BCUT2D eigenvalue weighted by Crippen LogP contribution is 2.19. The number of halogens is 1. The fraction of sp³-hybridized carbons (Fsp3) is 0.263. The molecule has 0 aromatic heterocycles. The number of carbonyl (C=O) groups is 2. The van der Waals surface area contributed by atoms with Crippen molar-refractivity contribution in [3.8, 4) is 5.75 Å². The molecule has 2 aromatic rings. The molecule has 0 atom stereocenters. The Kier molecular flexibility index (Phi) is 7.47. The van der Waals surface area contributed by atoms with E-state index in [-0.39, 0.29) is 18.9 Å². The molecule has 0 radical (unpaired) electrons. The van der Waals surface area contributed by atoms with Gasteiger partial charge in [-0.15, -0.1) is 0 Å². The molecule has 0 aliphatic carbocycles.